The molecule has 168 valence electrons. The molecule has 1 atom stereocenters. The third kappa shape index (κ3) is 5.17. The summed E-state index contributed by atoms with van der Waals surface area (Å²) in [6, 6.07) is 9.65. The molecule has 0 saturated heterocycles. The number of aryl methyl sites for hydroxylation is 1. The summed E-state index contributed by atoms with van der Waals surface area (Å²) in [5.41, 5.74) is 3.08. The maximum absolute atomic E-state index is 14.0. The molecule has 4 rings (SSSR count). The van der Waals surface area contributed by atoms with Crippen molar-refractivity contribution >= 4 is 17.6 Å². The number of anilines is 1. The fourth-order valence-corrected chi connectivity index (χ4v) is 3.42. The molecule has 0 fully saturated rings. The number of aromatic amines is 1. The Labute approximate surface area is 190 Å². The second-order valence-electron chi connectivity index (χ2n) is 7.55. The molecule has 0 bridgehead atoms. The van der Waals surface area contributed by atoms with Crippen LogP contribution in [0.1, 0.15) is 22.3 Å². The minimum atomic E-state index is -0.488. The smallest absolute Gasteiger partial charge is 0.339 e. The average Bonchev–Trinajstić information content (AvgIpc) is 3.32. The zero-order chi connectivity index (χ0) is 23.4. The van der Waals surface area contributed by atoms with Gasteiger partial charge in [0.2, 0.25) is 0 Å². The van der Waals surface area contributed by atoms with E-state index in [1.165, 1.54) is 13.2 Å². The third-order valence-corrected chi connectivity index (χ3v) is 5.10. The molecule has 8 heteroatoms. The van der Waals surface area contributed by atoms with Gasteiger partial charge >= 0.3 is 5.97 Å². The second kappa shape index (κ2) is 9.52. The van der Waals surface area contributed by atoms with E-state index in [4.69, 9.17) is 9.47 Å². The first kappa shape index (κ1) is 22.0. The number of ether oxygens (including phenoxy) is 2. The first-order valence-electron chi connectivity index (χ1n) is 10.3. The molecular weight excluding hydrogens is 425 g/mol. The number of hydrogen-bond acceptors (Lipinski definition) is 5. The molecule has 7 nitrogen and oxygen atoms in total. The summed E-state index contributed by atoms with van der Waals surface area (Å²) in [6.45, 7) is 1.83. The van der Waals surface area contributed by atoms with Crippen molar-refractivity contribution in [2.24, 2.45) is 0 Å². The fraction of sp³-hybridized carbons (Fsp3) is 0.160. The van der Waals surface area contributed by atoms with E-state index in [0.717, 1.165) is 5.56 Å². The minimum absolute atomic E-state index is 0.143. The fourth-order valence-electron chi connectivity index (χ4n) is 3.42. The number of nitrogens with one attached hydrogen (secondary N) is 2. The van der Waals surface area contributed by atoms with E-state index in [2.05, 4.69) is 15.3 Å². The first-order chi connectivity index (χ1) is 15.9. The van der Waals surface area contributed by atoms with Crippen LogP contribution in [0.2, 0.25) is 0 Å². The van der Waals surface area contributed by atoms with Gasteiger partial charge in [-0.2, -0.15) is 0 Å². The average molecular weight is 447 g/mol. The monoisotopic (exact) mass is 447 g/mol. The predicted octanol–water partition coefficient (Wildman–Crippen LogP) is 4.58. The van der Waals surface area contributed by atoms with Crippen LogP contribution in [0.25, 0.3) is 11.4 Å². The van der Waals surface area contributed by atoms with Crippen molar-refractivity contribution in [2.45, 2.75) is 19.4 Å². The van der Waals surface area contributed by atoms with Crippen molar-refractivity contribution in [3.05, 3.63) is 89.5 Å². The van der Waals surface area contributed by atoms with Crippen LogP contribution in [0.4, 0.5) is 10.1 Å². The molecule has 1 aliphatic rings. The predicted molar refractivity (Wildman–Crippen MR) is 121 cm³/mol. The topological polar surface area (TPSA) is 93.3 Å². The Bertz CT molecular complexity index is 1260. The number of halogens is 1. The lowest BCUT2D eigenvalue weighted by Crippen LogP contribution is -2.23. The largest absolute Gasteiger partial charge is 0.486 e. The number of amides is 1. The van der Waals surface area contributed by atoms with Gasteiger partial charge in [0.1, 0.15) is 17.7 Å². The minimum Gasteiger partial charge on any atom is -0.486 e. The zero-order valence-electron chi connectivity index (χ0n) is 18.1. The number of methoxy groups -OCH3 is 1. The van der Waals surface area contributed by atoms with Crippen LogP contribution in [0.5, 0.6) is 5.75 Å². The van der Waals surface area contributed by atoms with Crippen molar-refractivity contribution in [3.8, 4) is 17.1 Å². The van der Waals surface area contributed by atoms with Gasteiger partial charge in [-0.05, 0) is 42.8 Å². The Morgan fingerprint density at radius 3 is 2.88 bits per heavy atom. The number of benzene rings is 1. The van der Waals surface area contributed by atoms with Gasteiger partial charge in [-0.3, -0.25) is 9.78 Å². The molecule has 0 aliphatic heterocycles. The van der Waals surface area contributed by atoms with Gasteiger partial charge in [0.25, 0.3) is 5.91 Å². The lowest BCUT2D eigenvalue weighted by molar-refractivity contribution is -0.113. The van der Waals surface area contributed by atoms with Crippen LogP contribution in [0.3, 0.4) is 0 Å². The van der Waals surface area contributed by atoms with Crippen molar-refractivity contribution < 1.29 is 23.5 Å². The molecule has 0 spiro atoms. The normalized spacial score (nSPS) is 15.0. The van der Waals surface area contributed by atoms with E-state index in [1.807, 2.05) is 13.0 Å². The highest BCUT2D eigenvalue weighted by Gasteiger charge is 2.20. The van der Waals surface area contributed by atoms with Crippen molar-refractivity contribution in [1.29, 1.82) is 0 Å². The molecule has 0 saturated carbocycles. The molecule has 2 aromatic heterocycles. The van der Waals surface area contributed by atoms with Gasteiger partial charge in [-0.1, -0.05) is 18.2 Å². The molecule has 1 unspecified atom stereocenters. The standard InChI is InChI=1S/C25H22FN3O4/c1-15-6-7-20(26)21(10-15)29-24(30)16-4-3-5-18(11-16)33-19-8-9-27-23(13-19)22-12-17(14-28-22)25(31)32-2/h3-10,12-14,18,28H,11H2,1-2H3,(H,29,30). The molecular formula is C25H22FN3O4. The molecule has 1 amide bonds. The van der Waals surface area contributed by atoms with Crippen LogP contribution in [-0.2, 0) is 9.53 Å². The Morgan fingerprint density at radius 2 is 2.06 bits per heavy atom. The first-order valence-corrected chi connectivity index (χ1v) is 10.3. The van der Waals surface area contributed by atoms with E-state index in [9.17, 15) is 14.0 Å². The van der Waals surface area contributed by atoms with E-state index in [0.29, 0.717) is 34.7 Å². The Balaban J connectivity index is 1.43. The highest BCUT2D eigenvalue weighted by molar-refractivity contribution is 6.04. The van der Waals surface area contributed by atoms with E-state index in [-0.39, 0.29) is 17.7 Å². The summed E-state index contributed by atoms with van der Waals surface area (Å²) in [7, 11) is 1.32. The van der Waals surface area contributed by atoms with E-state index >= 15 is 0 Å². The molecule has 0 radical (unpaired) electrons. The third-order valence-electron chi connectivity index (χ3n) is 5.10. The highest BCUT2D eigenvalue weighted by Crippen LogP contribution is 2.25. The second-order valence-corrected chi connectivity index (χ2v) is 7.55. The Hall–Kier alpha value is -4.20. The van der Waals surface area contributed by atoms with Gasteiger partial charge in [0.15, 0.2) is 0 Å². The SMILES string of the molecule is COC(=O)c1c[nH]c(-c2cc(OC3C=CC=C(C(=O)Nc4cc(C)ccc4F)C3)ccn2)c1. The number of carbonyl (C=O) groups is 2. The summed E-state index contributed by atoms with van der Waals surface area (Å²) >= 11 is 0. The number of nitrogens with zero attached hydrogens (tertiary/aromatic N) is 1. The van der Waals surface area contributed by atoms with Gasteiger partial charge in [-0.15, -0.1) is 0 Å². The van der Waals surface area contributed by atoms with Crippen LogP contribution < -0.4 is 10.1 Å². The number of pyridine rings is 1. The molecule has 3 aromatic rings. The molecule has 33 heavy (non-hydrogen) atoms. The van der Waals surface area contributed by atoms with Crippen LogP contribution in [0.15, 0.2) is 72.6 Å². The van der Waals surface area contributed by atoms with Crippen LogP contribution >= 0.6 is 0 Å². The highest BCUT2D eigenvalue weighted by atomic mass is 19.1. The maximum atomic E-state index is 14.0. The van der Waals surface area contributed by atoms with Crippen molar-refractivity contribution in [3.63, 3.8) is 0 Å². The zero-order valence-corrected chi connectivity index (χ0v) is 18.1. The van der Waals surface area contributed by atoms with Crippen LogP contribution in [0, 0.1) is 12.7 Å². The van der Waals surface area contributed by atoms with Gasteiger partial charge in [0.05, 0.1) is 29.7 Å². The molecule has 1 aliphatic carbocycles. The number of hydrogen-bond donors (Lipinski definition) is 2. The summed E-state index contributed by atoms with van der Waals surface area (Å²) in [5, 5.41) is 2.63. The number of H-pyrrole nitrogens is 1. The Morgan fingerprint density at radius 1 is 1.21 bits per heavy atom. The quantitative estimate of drug-likeness (QED) is 0.540. The summed E-state index contributed by atoms with van der Waals surface area (Å²) < 4.78 is 24.8. The summed E-state index contributed by atoms with van der Waals surface area (Å²) in [5.74, 6) is -0.761. The maximum Gasteiger partial charge on any atom is 0.339 e. The van der Waals surface area contributed by atoms with Crippen LogP contribution in [-0.4, -0.2) is 35.1 Å². The van der Waals surface area contributed by atoms with Gasteiger partial charge in [0, 0.05) is 30.5 Å². The van der Waals surface area contributed by atoms with Crippen molar-refractivity contribution in [2.75, 3.05) is 12.4 Å². The number of allylic oxidation sites excluding steroid dienone is 2. The number of esters is 1. The summed E-state index contributed by atoms with van der Waals surface area (Å²) in [4.78, 5) is 31.6. The van der Waals surface area contributed by atoms with E-state index < -0.39 is 11.8 Å². The lowest BCUT2D eigenvalue weighted by atomic mass is 10.0. The summed E-state index contributed by atoms with van der Waals surface area (Å²) in [6.07, 6.45) is 8.35. The number of aromatic nitrogens is 2. The Kier molecular flexibility index (Phi) is 6.35. The molecule has 2 heterocycles. The number of carbonyl (C=O) groups excluding carboxylic acids is 2. The lowest BCUT2D eigenvalue weighted by Gasteiger charge is -2.20. The number of rotatable bonds is 6. The van der Waals surface area contributed by atoms with E-state index in [1.54, 1.807) is 54.9 Å². The van der Waals surface area contributed by atoms with Gasteiger partial charge < -0.3 is 19.8 Å². The van der Waals surface area contributed by atoms with Crippen molar-refractivity contribution in [1.82, 2.24) is 9.97 Å². The van der Waals surface area contributed by atoms with Gasteiger partial charge in [-0.25, -0.2) is 9.18 Å². The molecule has 2 N–H and O–H groups in total. The molecule has 1 aromatic carbocycles.